The van der Waals surface area contributed by atoms with Gasteiger partial charge >= 0.3 is 5.97 Å². The summed E-state index contributed by atoms with van der Waals surface area (Å²) in [7, 11) is -1.94. The maximum atomic E-state index is 11.8. The maximum Gasteiger partial charge on any atom is 0.333 e. The summed E-state index contributed by atoms with van der Waals surface area (Å²) in [5, 5.41) is 0.935. The molecular weight excluding hydrogens is 327 g/mol. The number of carbonyl (C=O) groups is 1. The lowest BCUT2D eigenvalue weighted by Crippen LogP contribution is -2.36. The second-order valence-corrected chi connectivity index (χ2v) is 10.6. The third-order valence-electron chi connectivity index (χ3n) is 2.02. The Morgan fingerprint density at radius 3 is 2.16 bits per heavy atom. The molecular formula is C12H15Cl3O3Si. The van der Waals surface area contributed by atoms with Crippen LogP contribution in [-0.4, -0.2) is 20.4 Å². The Bertz CT molecular complexity index is 486. The third kappa shape index (κ3) is 5.22. The zero-order chi connectivity index (χ0) is 14.8. The first kappa shape index (κ1) is 16.6. The average molecular weight is 342 g/mol. The minimum atomic E-state index is -1.94. The van der Waals surface area contributed by atoms with E-state index in [1.807, 2.05) is 19.6 Å². The third-order valence-corrected chi connectivity index (χ3v) is 3.85. The van der Waals surface area contributed by atoms with E-state index < -0.39 is 20.4 Å². The summed E-state index contributed by atoms with van der Waals surface area (Å²) in [6, 6.07) is 2.95. The van der Waals surface area contributed by atoms with Crippen molar-refractivity contribution >= 4 is 49.1 Å². The first-order chi connectivity index (χ1) is 8.60. The Morgan fingerprint density at radius 2 is 1.63 bits per heavy atom. The van der Waals surface area contributed by atoms with Crippen molar-refractivity contribution in [2.45, 2.75) is 32.7 Å². The van der Waals surface area contributed by atoms with E-state index in [1.165, 1.54) is 12.1 Å². The van der Waals surface area contributed by atoms with Gasteiger partial charge in [-0.2, -0.15) is 0 Å². The van der Waals surface area contributed by atoms with Crippen LogP contribution in [0.15, 0.2) is 12.1 Å². The number of ether oxygens (including phenoxy) is 1. The van der Waals surface area contributed by atoms with E-state index in [-0.39, 0.29) is 0 Å². The zero-order valence-electron chi connectivity index (χ0n) is 11.1. The highest BCUT2D eigenvalue weighted by molar-refractivity contribution is 6.71. The molecule has 7 heteroatoms. The van der Waals surface area contributed by atoms with Gasteiger partial charge in [0.05, 0.1) is 15.1 Å². The molecule has 1 aromatic carbocycles. The van der Waals surface area contributed by atoms with Gasteiger partial charge in [0.15, 0.2) is 6.10 Å². The lowest BCUT2D eigenvalue weighted by atomic mass is 10.3. The monoisotopic (exact) mass is 340 g/mol. The molecule has 0 bridgehead atoms. The van der Waals surface area contributed by atoms with E-state index in [0.29, 0.717) is 20.8 Å². The van der Waals surface area contributed by atoms with Crippen LogP contribution in [-0.2, 0) is 9.22 Å². The van der Waals surface area contributed by atoms with Crippen LogP contribution in [0.2, 0.25) is 34.7 Å². The highest BCUT2D eigenvalue weighted by Crippen LogP contribution is 2.34. The normalized spacial score (nSPS) is 13.0. The Hall–Kier alpha value is -0.423. The molecule has 1 unspecified atom stereocenters. The lowest BCUT2D eigenvalue weighted by molar-refractivity contribution is -0.142. The van der Waals surface area contributed by atoms with Crippen LogP contribution in [0.1, 0.15) is 6.92 Å². The molecule has 0 N–H and O–H groups in total. The van der Waals surface area contributed by atoms with E-state index in [4.69, 9.17) is 44.0 Å². The van der Waals surface area contributed by atoms with Crippen molar-refractivity contribution in [3.05, 3.63) is 27.2 Å². The molecule has 0 aliphatic heterocycles. The molecule has 0 fully saturated rings. The van der Waals surface area contributed by atoms with E-state index in [1.54, 1.807) is 6.92 Å². The van der Waals surface area contributed by atoms with Crippen molar-refractivity contribution in [2.75, 3.05) is 0 Å². The molecule has 0 saturated carbocycles. The average Bonchev–Trinajstić information content (AvgIpc) is 2.23. The smallest absolute Gasteiger partial charge is 0.333 e. The van der Waals surface area contributed by atoms with Gasteiger partial charge in [0.2, 0.25) is 8.32 Å². The number of rotatable bonds is 4. The summed E-state index contributed by atoms with van der Waals surface area (Å²) in [5.41, 5.74) is 0. The van der Waals surface area contributed by atoms with Crippen LogP contribution in [0.25, 0.3) is 0 Å². The minimum Gasteiger partial charge on any atom is -0.517 e. The van der Waals surface area contributed by atoms with Gasteiger partial charge in [0.25, 0.3) is 0 Å². The summed E-state index contributed by atoms with van der Waals surface area (Å²) in [6.07, 6.45) is -0.763. The number of benzene rings is 1. The standard InChI is InChI=1S/C12H15Cl3O3Si/c1-7(12(16)18-19(2,3)4)17-11-6-9(14)8(13)5-10(11)15/h5-7H,1-4H3. The number of carbonyl (C=O) groups excluding carboxylic acids is 1. The molecule has 1 rings (SSSR count). The summed E-state index contributed by atoms with van der Waals surface area (Å²) < 4.78 is 10.8. The van der Waals surface area contributed by atoms with Gasteiger partial charge in [-0.25, -0.2) is 4.79 Å². The van der Waals surface area contributed by atoms with Crippen LogP contribution in [0.5, 0.6) is 5.75 Å². The Kier molecular flexibility index (Phi) is 5.56. The van der Waals surface area contributed by atoms with Crippen molar-refractivity contribution < 1.29 is 14.0 Å². The largest absolute Gasteiger partial charge is 0.517 e. The summed E-state index contributed by atoms with van der Waals surface area (Å²) in [5.74, 6) is -0.114. The van der Waals surface area contributed by atoms with Gasteiger partial charge in [-0.05, 0) is 32.6 Å². The van der Waals surface area contributed by atoms with E-state index in [0.717, 1.165) is 0 Å². The topological polar surface area (TPSA) is 35.5 Å². The van der Waals surface area contributed by atoms with Gasteiger partial charge in [-0.3, -0.25) is 0 Å². The van der Waals surface area contributed by atoms with Gasteiger partial charge in [0, 0.05) is 6.07 Å². The molecule has 0 saturated heterocycles. The minimum absolute atomic E-state index is 0.294. The summed E-state index contributed by atoms with van der Waals surface area (Å²) in [6.45, 7) is 7.36. The second-order valence-electron chi connectivity index (χ2n) is 4.99. The van der Waals surface area contributed by atoms with Crippen molar-refractivity contribution in [3.8, 4) is 5.75 Å². The summed E-state index contributed by atoms with van der Waals surface area (Å²) >= 11 is 17.7. The fourth-order valence-corrected chi connectivity index (χ4v) is 2.57. The Balaban J connectivity index is 2.80. The predicted octanol–water partition coefficient (Wildman–Crippen LogP) is 4.79. The molecule has 3 nitrogen and oxygen atoms in total. The van der Waals surface area contributed by atoms with E-state index >= 15 is 0 Å². The fourth-order valence-electron chi connectivity index (χ4n) is 1.22. The van der Waals surface area contributed by atoms with Gasteiger partial charge in [-0.1, -0.05) is 34.8 Å². The van der Waals surface area contributed by atoms with Crippen molar-refractivity contribution in [2.24, 2.45) is 0 Å². The Labute approximate surface area is 128 Å². The van der Waals surface area contributed by atoms with Crippen LogP contribution in [0.4, 0.5) is 0 Å². The molecule has 0 spiro atoms. The highest BCUT2D eigenvalue weighted by Gasteiger charge is 2.25. The molecule has 1 aromatic rings. The van der Waals surface area contributed by atoms with Gasteiger partial charge in [-0.15, -0.1) is 0 Å². The van der Waals surface area contributed by atoms with Crippen molar-refractivity contribution in [1.29, 1.82) is 0 Å². The fraction of sp³-hybridized carbons (Fsp3) is 0.417. The van der Waals surface area contributed by atoms with Crippen LogP contribution < -0.4 is 4.74 Å². The van der Waals surface area contributed by atoms with Crippen LogP contribution in [0, 0.1) is 0 Å². The number of halogens is 3. The molecule has 19 heavy (non-hydrogen) atoms. The molecule has 1 atom stereocenters. The van der Waals surface area contributed by atoms with E-state index in [2.05, 4.69) is 0 Å². The van der Waals surface area contributed by atoms with Crippen LogP contribution in [0.3, 0.4) is 0 Å². The quantitative estimate of drug-likeness (QED) is 0.583. The van der Waals surface area contributed by atoms with Gasteiger partial charge < -0.3 is 9.16 Å². The maximum absolute atomic E-state index is 11.8. The molecule has 106 valence electrons. The zero-order valence-corrected chi connectivity index (χ0v) is 14.4. The molecule has 0 amide bonds. The number of hydrogen-bond acceptors (Lipinski definition) is 3. The van der Waals surface area contributed by atoms with Crippen molar-refractivity contribution in [1.82, 2.24) is 0 Å². The SMILES string of the molecule is CC(Oc1cc(Cl)c(Cl)cc1Cl)C(=O)O[Si](C)(C)C. The highest BCUT2D eigenvalue weighted by atomic mass is 35.5. The molecule has 0 aliphatic carbocycles. The lowest BCUT2D eigenvalue weighted by Gasteiger charge is -2.21. The van der Waals surface area contributed by atoms with Crippen LogP contribution >= 0.6 is 34.8 Å². The Morgan fingerprint density at radius 1 is 1.11 bits per heavy atom. The van der Waals surface area contributed by atoms with E-state index in [9.17, 15) is 4.79 Å². The second kappa shape index (κ2) is 6.35. The first-order valence-corrected chi connectivity index (χ1v) is 10.2. The predicted molar refractivity (Wildman–Crippen MR) is 81.0 cm³/mol. The van der Waals surface area contributed by atoms with Gasteiger partial charge in [0.1, 0.15) is 5.75 Å². The molecule has 0 heterocycles. The summed E-state index contributed by atoms with van der Waals surface area (Å²) in [4.78, 5) is 11.8. The molecule has 0 aromatic heterocycles. The molecule has 0 aliphatic rings. The first-order valence-electron chi connectivity index (χ1n) is 5.64. The van der Waals surface area contributed by atoms with Crippen molar-refractivity contribution in [3.63, 3.8) is 0 Å². The number of hydrogen-bond donors (Lipinski definition) is 0. The molecule has 0 radical (unpaired) electrons.